The molecule has 2 atom stereocenters. The average molecular weight is 542 g/mol. The number of rotatable bonds is 3. The number of ether oxygens (including phenoxy) is 1. The van der Waals surface area contributed by atoms with Crippen LogP contribution in [0, 0.1) is 0 Å². The molecule has 2 aliphatic heterocycles. The summed E-state index contributed by atoms with van der Waals surface area (Å²) in [4.78, 5) is 15.5. The van der Waals surface area contributed by atoms with E-state index >= 15 is 0 Å². The Bertz CT molecular complexity index is 1640. The van der Waals surface area contributed by atoms with Crippen LogP contribution in [0.3, 0.4) is 0 Å². The molecular formula is C37H35NO3. The fourth-order valence-electron chi connectivity index (χ4n) is 8.42. The zero-order valence-corrected chi connectivity index (χ0v) is 23.6. The molecule has 2 bridgehead atoms. The van der Waals surface area contributed by atoms with Gasteiger partial charge in [0, 0.05) is 36.3 Å². The number of carbonyl (C=O) groups is 1. The summed E-state index contributed by atoms with van der Waals surface area (Å²) in [6.45, 7) is 4.87. The number of amides is 1. The van der Waals surface area contributed by atoms with E-state index in [0.717, 1.165) is 18.4 Å². The molecule has 1 N–H and O–H groups in total. The molecule has 41 heavy (non-hydrogen) atoms. The van der Waals surface area contributed by atoms with E-state index in [1.165, 1.54) is 44.5 Å². The normalized spacial score (nSPS) is 24.9. The third-order valence-electron chi connectivity index (χ3n) is 10.4. The highest BCUT2D eigenvalue weighted by Gasteiger charge is 2.51. The third-order valence-corrected chi connectivity index (χ3v) is 10.4. The second-order valence-corrected chi connectivity index (χ2v) is 13.0. The molecule has 2 heterocycles. The lowest BCUT2D eigenvalue weighted by Crippen LogP contribution is -2.52. The van der Waals surface area contributed by atoms with Crippen LogP contribution in [0.15, 0.2) is 91.0 Å². The monoisotopic (exact) mass is 541 g/mol. The Morgan fingerprint density at radius 2 is 1.34 bits per heavy atom. The van der Waals surface area contributed by atoms with Crippen molar-refractivity contribution in [2.75, 3.05) is 6.61 Å². The largest absolute Gasteiger partial charge is 0.448 e. The predicted molar refractivity (Wildman–Crippen MR) is 161 cm³/mol. The van der Waals surface area contributed by atoms with Crippen LogP contribution in [0.2, 0.25) is 0 Å². The Balaban J connectivity index is 1.02. The SMILES string of the molecule is CC1(C)c2ccccc2-c2ccc(C3(O)CC4CCC(C3)N4C(=O)OCC3c4ccccc4-c4ccccc43)cc21. The average Bonchev–Trinajstić information content (AvgIpc) is 3.55. The van der Waals surface area contributed by atoms with Crippen molar-refractivity contribution in [3.8, 4) is 22.3 Å². The van der Waals surface area contributed by atoms with Crippen molar-refractivity contribution in [1.29, 1.82) is 0 Å². The molecule has 1 amide bonds. The minimum Gasteiger partial charge on any atom is -0.448 e. The van der Waals surface area contributed by atoms with Crippen molar-refractivity contribution in [2.24, 2.45) is 0 Å². The van der Waals surface area contributed by atoms with Gasteiger partial charge in [-0.3, -0.25) is 0 Å². The quantitative estimate of drug-likeness (QED) is 0.288. The van der Waals surface area contributed by atoms with Gasteiger partial charge >= 0.3 is 6.09 Å². The van der Waals surface area contributed by atoms with Crippen LogP contribution in [-0.2, 0) is 15.8 Å². The smallest absolute Gasteiger partial charge is 0.410 e. The first-order valence-corrected chi connectivity index (χ1v) is 15.0. The minimum absolute atomic E-state index is 0.0205. The number of carbonyl (C=O) groups excluding carboxylic acids is 1. The van der Waals surface area contributed by atoms with Gasteiger partial charge in [0.15, 0.2) is 0 Å². The standard InChI is InChI=1S/C37H35NO3/c1-36(2)33-14-8-7-13-30(33)31-18-15-23(19-34(31)36)37(40)20-24-16-17-25(21-37)38(24)35(39)41-22-32-28-11-5-3-9-26(28)27-10-4-6-12-29(27)32/h3-15,18-19,24-25,32,40H,16-17,20-22H2,1-2H3. The summed E-state index contributed by atoms with van der Waals surface area (Å²) in [5, 5.41) is 12.1. The molecule has 2 fully saturated rings. The van der Waals surface area contributed by atoms with E-state index in [4.69, 9.17) is 4.74 Å². The predicted octanol–water partition coefficient (Wildman–Crippen LogP) is 7.76. The zero-order chi connectivity index (χ0) is 27.9. The molecule has 2 unspecified atom stereocenters. The Labute approximate surface area is 241 Å². The number of hydrogen-bond acceptors (Lipinski definition) is 3. The van der Waals surface area contributed by atoms with Gasteiger partial charge in [-0.1, -0.05) is 105 Å². The highest BCUT2D eigenvalue weighted by molar-refractivity contribution is 5.81. The maximum absolute atomic E-state index is 13.6. The first kappa shape index (κ1) is 24.9. The van der Waals surface area contributed by atoms with Crippen LogP contribution < -0.4 is 0 Å². The van der Waals surface area contributed by atoms with Crippen LogP contribution in [-0.4, -0.2) is 34.8 Å². The summed E-state index contributed by atoms with van der Waals surface area (Å²) >= 11 is 0. The van der Waals surface area contributed by atoms with Crippen LogP contribution in [0.1, 0.15) is 73.3 Å². The molecule has 0 aromatic heterocycles. The molecule has 0 radical (unpaired) electrons. The number of benzene rings is 4. The Kier molecular flexibility index (Phi) is 5.34. The van der Waals surface area contributed by atoms with Crippen molar-refractivity contribution < 1.29 is 14.6 Å². The summed E-state index contributed by atoms with van der Waals surface area (Å²) in [6, 6.07) is 32.0. The molecule has 2 saturated heterocycles. The molecule has 4 aliphatic rings. The van der Waals surface area contributed by atoms with Gasteiger partial charge in [0.05, 0.1) is 5.60 Å². The van der Waals surface area contributed by atoms with Gasteiger partial charge in [-0.05, 0) is 62.9 Å². The van der Waals surface area contributed by atoms with Crippen LogP contribution >= 0.6 is 0 Å². The fourth-order valence-corrected chi connectivity index (χ4v) is 8.42. The highest BCUT2D eigenvalue weighted by Crippen LogP contribution is 2.52. The maximum Gasteiger partial charge on any atom is 0.410 e. The molecule has 206 valence electrons. The molecule has 4 aromatic carbocycles. The van der Waals surface area contributed by atoms with Crippen molar-refractivity contribution in [3.63, 3.8) is 0 Å². The first-order chi connectivity index (χ1) is 19.8. The summed E-state index contributed by atoms with van der Waals surface area (Å²) in [6.07, 6.45) is 2.64. The third kappa shape index (κ3) is 3.59. The number of fused-ring (bicyclic) bond motifs is 8. The summed E-state index contributed by atoms with van der Waals surface area (Å²) in [5.74, 6) is 0.0459. The second kappa shape index (κ2) is 8.80. The highest BCUT2D eigenvalue weighted by atomic mass is 16.6. The summed E-state index contributed by atoms with van der Waals surface area (Å²) in [7, 11) is 0. The van der Waals surface area contributed by atoms with Crippen molar-refractivity contribution >= 4 is 6.09 Å². The lowest BCUT2D eigenvalue weighted by Gasteiger charge is -2.43. The number of hydrogen-bond donors (Lipinski definition) is 1. The molecule has 4 nitrogen and oxygen atoms in total. The van der Waals surface area contributed by atoms with Crippen LogP contribution in [0.5, 0.6) is 0 Å². The van der Waals surface area contributed by atoms with Gasteiger partial charge in [0.2, 0.25) is 0 Å². The van der Waals surface area contributed by atoms with E-state index in [9.17, 15) is 9.90 Å². The summed E-state index contributed by atoms with van der Waals surface area (Å²) in [5.41, 5.74) is 9.97. The number of piperidine rings is 1. The van der Waals surface area contributed by atoms with E-state index in [1.807, 2.05) is 4.90 Å². The van der Waals surface area contributed by atoms with E-state index < -0.39 is 5.60 Å². The van der Waals surface area contributed by atoms with Crippen LogP contribution in [0.25, 0.3) is 22.3 Å². The van der Waals surface area contributed by atoms with Crippen molar-refractivity contribution in [1.82, 2.24) is 4.90 Å². The van der Waals surface area contributed by atoms with Gasteiger partial charge in [-0.2, -0.15) is 0 Å². The Morgan fingerprint density at radius 3 is 2.00 bits per heavy atom. The van der Waals surface area contributed by atoms with Gasteiger partial charge in [0.25, 0.3) is 0 Å². The molecule has 0 saturated carbocycles. The zero-order valence-electron chi connectivity index (χ0n) is 23.6. The van der Waals surface area contributed by atoms with Gasteiger partial charge in [-0.25, -0.2) is 4.79 Å². The number of aliphatic hydroxyl groups is 1. The van der Waals surface area contributed by atoms with Crippen LogP contribution in [0.4, 0.5) is 4.79 Å². The summed E-state index contributed by atoms with van der Waals surface area (Å²) < 4.78 is 6.06. The Hall–Kier alpha value is -3.89. The lowest BCUT2D eigenvalue weighted by atomic mass is 9.77. The molecule has 0 spiro atoms. The molecule has 2 aliphatic carbocycles. The fraction of sp³-hybridized carbons (Fsp3) is 0.324. The second-order valence-electron chi connectivity index (χ2n) is 13.0. The maximum atomic E-state index is 13.6. The topological polar surface area (TPSA) is 49.8 Å². The van der Waals surface area contributed by atoms with Crippen molar-refractivity contribution in [3.05, 3.63) is 119 Å². The van der Waals surface area contributed by atoms with Gasteiger partial charge < -0.3 is 14.7 Å². The number of nitrogens with zero attached hydrogens (tertiary/aromatic N) is 1. The van der Waals surface area contributed by atoms with E-state index in [-0.39, 0.29) is 29.5 Å². The Morgan fingerprint density at radius 1 is 0.780 bits per heavy atom. The molecule has 8 rings (SSSR count). The minimum atomic E-state index is -0.953. The first-order valence-electron chi connectivity index (χ1n) is 15.0. The van der Waals surface area contributed by atoms with E-state index in [1.54, 1.807) is 0 Å². The van der Waals surface area contributed by atoms with E-state index in [0.29, 0.717) is 19.4 Å². The molecule has 4 aromatic rings. The van der Waals surface area contributed by atoms with Gasteiger partial charge in [0.1, 0.15) is 6.61 Å². The van der Waals surface area contributed by atoms with Gasteiger partial charge in [-0.15, -0.1) is 0 Å². The molecule has 4 heteroatoms. The molecular weight excluding hydrogens is 506 g/mol. The van der Waals surface area contributed by atoms with Crippen molar-refractivity contribution in [2.45, 2.75) is 68.5 Å². The lowest BCUT2D eigenvalue weighted by molar-refractivity contribution is -0.0531. The van der Waals surface area contributed by atoms with E-state index in [2.05, 4.69) is 105 Å².